The smallest absolute Gasteiger partial charge is 0.227 e. The zero-order valence-electron chi connectivity index (χ0n) is 15.1. The van der Waals surface area contributed by atoms with E-state index in [0.29, 0.717) is 18.9 Å². The molecule has 136 valence electrons. The van der Waals surface area contributed by atoms with Gasteiger partial charge < -0.3 is 15.0 Å². The quantitative estimate of drug-likeness (QED) is 0.910. The Morgan fingerprint density at radius 1 is 1.16 bits per heavy atom. The SMILES string of the molecule is O=C(CC1CCCC1)N(c1ccccc1)[C@H]1COC2(CCNCC2)C1. The summed E-state index contributed by atoms with van der Waals surface area (Å²) in [6.45, 7) is 2.72. The summed E-state index contributed by atoms with van der Waals surface area (Å²) in [5.41, 5.74) is 1.02. The van der Waals surface area contributed by atoms with Gasteiger partial charge in [0.15, 0.2) is 0 Å². The molecule has 2 aliphatic heterocycles. The molecule has 4 rings (SSSR count). The summed E-state index contributed by atoms with van der Waals surface area (Å²) in [6.07, 6.45) is 8.78. The van der Waals surface area contributed by atoms with Crippen LogP contribution in [0.15, 0.2) is 30.3 Å². The average molecular weight is 342 g/mol. The van der Waals surface area contributed by atoms with Gasteiger partial charge in [-0.3, -0.25) is 4.79 Å². The minimum Gasteiger partial charge on any atom is -0.373 e. The largest absolute Gasteiger partial charge is 0.373 e. The summed E-state index contributed by atoms with van der Waals surface area (Å²) in [6, 6.07) is 10.4. The first-order valence-electron chi connectivity index (χ1n) is 9.98. The fourth-order valence-corrected chi connectivity index (χ4v) is 4.92. The molecule has 1 spiro atoms. The molecule has 1 aromatic rings. The van der Waals surface area contributed by atoms with E-state index in [4.69, 9.17) is 4.74 Å². The van der Waals surface area contributed by atoms with Crippen LogP contribution in [0, 0.1) is 5.92 Å². The Morgan fingerprint density at radius 3 is 2.60 bits per heavy atom. The zero-order chi connectivity index (χ0) is 17.1. The topological polar surface area (TPSA) is 41.6 Å². The summed E-state index contributed by atoms with van der Waals surface area (Å²) in [5, 5.41) is 3.42. The van der Waals surface area contributed by atoms with Gasteiger partial charge >= 0.3 is 0 Å². The summed E-state index contributed by atoms with van der Waals surface area (Å²) < 4.78 is 6.28. The summed E-state index contributed by atoms with van der Waals surface area (Å²) in [4.78, 5) is 15.3. The third kappa shape index (κ3) is 3.75. The number of hydrogen-bond acceptors (Lipinski definition) is 3. The van der Waals surface area contributed by atoms with E-state index in [9.17, 15) is 4.79 Å². The Bertz CT molecular complexity index is 577. The molecular formula is C21H30N2O2. The van der Waals surface area contributed by atoms with Gasteiger partial charge in [-0.1, -0.05) is 31.0 Å². The highest BCUT2D eigenvalue weighted by Crippen LogP contribution is 2.38. The number of anilines is 1. The minimum absolute atomic E-state index is 0.0173. The van der Waals surface area contributed by atoms with Crippen LogP contribution in [0.1, 0.15) is 51.4 Å². The standard InChI is InChI=1S/C21H30N2O2/c24-20(14-17-6-4-5-7-17)23(18-8-2-1-3-9-18)19-15-21(25-16-19)10-12-22-13-11-21/h1-3,8-9,17,19,22H,4-7,10-16H2/t19-/m1/s1. The van der Waals surface area contributed by atoms with Crippen LogP contribution in [-0.2, 0) is 9.53 Å². The minimum atomic E-state index is -0.0173. The lowest BCUT2D eigenvalue weighted by Gasteiger charge is -2.34. The monoisotopic (exact) mass is 342 g/mol. The molecule has 25 heavy (non-hydrogen) atoms. The molecule has 1 amide bonds. The molecule has 1 aromatic carbocycles. The zero-order valence-corrected chi connectivity index (χ0v) is 15.1. The van der Waals surface area contributed by atoms with E-state index in [1.807, 2.05) is 18.2 Å². The molecular weight excluding hydrogens is 312 g/mol. The molecule has 0 bridgehead atoms. The van der Waals surface area contributed by atoms with E-state index in [2.05, 4.69) is 22.3 Å². The van der Waals surface area contributed by atoms with E-state index in [0.717, 1.165) is 38.0 Å². The van der Waals surface area contributed by atoms with Gasteiger partial charge in [0.1, 0.15) is 0 Å². The van der Waals surface area contributed by atoms with Crippen LogP contribution >= 0.6 is 0 Å². The lowest BCUT2D eigenvalue weighted by atomic mass is 9.87. The molecule has 3 aliphatic rings. The number of hydrogen-bond donors (Lipinski definition) is 1. The van der Waals surface area contributed by atoms with Gasteiger partial charge in [-0.2, -0.15) is 0 Å². The second-order valence-electron chi connectivity index (χ2n) is 8.06. The van der Waals surface area contributed by atoms with Gasteiger partial charge in [0.05, 0.1) is 18.2 Å². The highest BCUT2D eigenvalue weighted by atomic mass is 16.5. The van der Waals surface area contributed by atoms with Gasteiger partial charge in [0, 0.05) is 12.1 Å². The third-order valence-electron chi connectivity index (χ3n) is 6.31. The van der Waals surface area contributed by atoms with Crippen molar-refractivity contribution in [2.75, 3.05) is 24.6 Å². The number of carbonyl (C=O) groups excluding carboxylic acids is 1. The Balaban J connectivity index is 1.52. The van der Waals surface area contributed by atoms with Crippen LogP contribution in [0.3, 0.4) is 0 Å². The number of ether oxygens (including phenoxy) is 1. The lowest BCUT2D eigenvalue weighted by Crippen LogP contribution is -2.45. The number of nitrogens with zero attached hydrogens (tertiary/aromatic N) is 1. The third-order valence-corrected chi connectivity index (χ3v) is 6.31. The maximum absolute atomic E-state index is 13.2. The molecule has 1 aliphatic carbocycles. The van der Waals surface area contributed by atoms with Crippen molar-refractivity contribution in [2.45, 2.75) is 63.0 Å². The Hall–Kier alpha value is -1.39. The molecule has 1 N–H and O–H groups in total. The number of benzene rings is 1. The normalized spacial score (nSPS) is 26.2. The number of piperidine rings is 1. The molecule has 3 fully saturated rings. The first kappa shape index (κ1) is 17.0. The maximum atomic E-state index is 13.2. The summed E-state index contributed by atoms with van der Waals surface area (Å²) in [7, 11) is 0. The van der Waals surface area contributed by atoms with Crippen molar-refractivity contribution in [1.29, 1.82) is 0 Å². The highest BCUT2D eigenvalue weighted by molar-refractivity contribution is 5.94. The number of amides is 1. The van der Waals surface area contributed by atoms with Gasteiger partial charge in [0.2, 0.25) is 5.91 Å². The Kier molecular flexibility index (Phi) is 5.09. The van der Waals surface area contributed by atoms with Gasteiger partial charge in [0.25, 0.3) is 0 Å². The van der Waals surface area contributed by atoms with Crippen molar-refractivity contribution >= 4 is 11.6 Å². The molecule has 1 saturated carbocycles. The predicted octanol–water partition coefficient (Wildman–Crippen LogP) is 3.51. The van der Waals surface area contributed by atoms with Crippen molar-refractivity contribution < 1.29 is 9.53 Å². The van der Waals surface area contributed by atoms with Crippen LogP contribution in [0.5, 0.6) is 0 Å². The summed E-state index contributed by atoms with van der Waals surface area (Å²) >= 11 is 0. The first-order valence-corrected chi connectivity index (χ1v) is 9.98. The second kappa shape index (κ2) is 7.46. The molecule has 0 unspecified atom stereocenters. The van der Waals surface area contributed by atoms with Crippen molar-refractivity contribution in [3.8, 4) is 0 Å². The van der Waals surface area contributed by atoms with Crippen molar-refractivity contribution in [1.82, 2.24) is 5.32 Å². The van der Waals surface area contributed by atoms with E-state index in [-0.39, 0.29) is 17.6 Å². The first-order chi connectivity index (χ1) is 12.3. The number of carbonyl (C=O) groups is 1. The van der Waals surface area contributed by atoms with Gasteiger partial charge in [-0.05, 0) is 63.2 Å². The average Bonchev–Trinajstić information content (AvgIpc) is 3.28. The van der Waals surface area contributed by atoms with E-state index in [1.54, 1.807) is 0 Å². The highest BCUT2D eigenvalue weighted by Gasteiger charge is 2.44. The van der Waals surface area contributed by atoms with E-state index < -0.39 is 0 Å². The number of nitrogens with one attached hydrogen (secondary N) is 1. The van der Waals surface area contributed by atoms with Crippen molar-refractivity contribution in [3.63, 3.8) is 0 Å². The second-order valence-corrected chi connectivity index (χ2v) is 8.06. The maximum Gasteiger partial charge on any atom is 0.227 e. The molecule has 0 aromatic heterocycles. The number of rotatable bonds is 4. The van der Waals surface area contributed by atoms with Gasteiger partial charge in [-0.25, -0.2) is 0 Å². The van der Waals surface area contributed by atoms with Crippen LogP contribution in [0.2, 0.25) is 0 Å². The molecule has 4 nitrogen and oxygen atoms in total. The number of para-hydroxylation sites is 1. The fourth-order valence-electron chi connectivity index (χ4n) is 4.92. The Labute approximate surface area is 150 Å². The van der Waals surface area contributed by atoms with Gasteiger partial charge in [-0.15, -0.1) is 0 Å². The van der Waals surface area contributed by atoms with Crippen LogP contribution in [0.25, 0.3) is 0 Å². The molecule has 0 radical (unpaired) electrons. The molecule has 2 heterocycles. The van der Waals surface area contributed by atoms with Crippen LogP contribution < -0.4 is 10.2 Å². The molecule has 4 heteroatoms. The molecule has 2 saturated heterocycles. The van der Waals surface area contributed by atoms with E-state index in [1.165, 1.54) is 25.7 Å². The molecule has 1 atom stereocenters. The van der Waals surface area contributed by atoms with Crippen LogP contribution in [-0.4, -0.2) is 37.2 Å². The predicted molar refractivity (Wildman–Crippen MR) is 99.7 cm³/mol. The Morgan fingerprint density at radius 2 is 1.88 bits per heavy atom. The van der Waals surface area contributed by atoms with Crippen molar-refractivity contribution in [2.24, 2.45) is 5.92 Å². The lowest BCUT2D eigenvalue weighted by molar-refractivity contribution is -0.120. The van der Waals surface area contributed by atoms with E-state index >= 15 is 0 Å². The summed E-state index contributed by atoms with van der Waals surface area (Å²) in [5.74, 6) is 0.867. The fraction of sp³-hybridized carbons (Fsp3) is 0.667. The van der Waals surface area contributed by atoms with Crippen LogP contribution in [0.4, 0.5) is 5.69 Å². The van der Waals surface area contributed by atoms with Crippen molar-refractivity contribution in [3.05, 3.63) is 30.3 Å².